The summed E-state index contributed by atoms with van der Waals surface area (Å²) in [4.78, 5) is 4.61. The molecular formula is C60H62N2. The van der Waals surface area contributed by atoms with Gasteiger partial charge in [0.05, 0.1) is 0 Å². The first kappa shape index (κ1) is 43.4. The zero-order chi connectivity index (χ0) is 42.8. The van der Waals surface area contributed by atoms with Gasteiger partial charge in [-0.15, -0.1) is 6.58 Å². The molecule has 0 N–H and O–H groups in total. The van der Waals surface area contributed by atoms with Crippen molar-refractivity contribution in [3.8, 4) is 11.1 Å². The van der Waals surface area contributed by atoms with Gasteiger partial charge in [-0.25, -0.2) is 0 Å². The molecule has 3 aromatic rings. The van der Waals surface area contributed by atoms with Crippen molar-refractivity contribution in [2.45, 2.75) is 64.2 Å². The van der Waals surface area contributed by atoms with E-state index in [1.165, 1.54) is 27.8 Å². The molecular weight excluding hydrogens is 749 g/mol. The number of nitrogens with zero attached hydrogens (tertiary/aromatic N) is 2. The average molecular weight is 811 g/mol. The number of hydrogen-bond acceptors (Lipinski definition) is 2. The third-order valence-corrected chi connectivity index (χ3v) is 11.9. The molecule has 0 fully saturated rings. The summed E-state index contributed by atoms with van der Waals surface area (Å²) < 4.78 is 0. The number of anilines is 3. The normalized spacial score (nSPS) is 19.3. The molecule has 3 aromatic carbocycles. The maximum Gasteiger partial charge on any atom is 0.0461 e. The Balaban J connectivity index is 1.14. The molecule has 4 aliphatic carbocycles. The van der Waals surface area contributed by atoms with Crippen LogP contribution in [0.5, 0.6) is 0 Å². The standard InChI is InChI=1S/C60H62N2/c1-4-50(51-28-15-9-16-29-51)32-21-47-61(58-41-35-53(36-42-58)52-30-17-10-18-31-52)59-43-37-54(38-44-59)55-39-45-60(46-40-55)62(56(5-2)33-19-26-48-22-11-7-12-23-48)57(6-3)34-20-27-49-24-13-8-14-25-49/h4-7,10-13,15,17-22,24-26,28-30,33-48,50,52H,1-2,8-9,14,16,23,27,31-32H2,3H3/b26-19+,34-20-,47-21+,56-33+,57-6+. The van der Waals surface area contributed by atoms with Gasteiger partial charge in [-0.1, -0.05) is 164 Å². The van der Waals surface area contributed by atoms with Crippen LogP contribution in [0.15, 0.2) is 254 Å². The Kier molecular flexibility index (Phi) is 16.0. The van der Waals surface area contributed by atoms with Crippen molar-refractivity contribution in [1.82, 2.24) is 0 Å². The number of allylic oxidation sites excluding steroid dienone is 25. The Bertz CT molecular complexity index is 2390. The first-order valence-electron chi connectivity index (χ1n) is 22.5. The van der Waals surface area contributed by atoms with Crippen LogP contribution in [0.1, 0.15) is 69.8 Å². The molecule has 4 aliphatic rings. The van der Waals surface area contributed by atoms with E-state index < -0.39 is 0 Å². The van der Waals surface area contributed by atoms with Crippen molar-refractivity contribution in [3.05, 3.63) is 260 Å². The highest BCUT2D eigenvalue weighted by molar-refractivity contribution is 5.74. The first-order valence-corrected chi connectivity index (χ1v) is 22.5. The van der Waals surface area contributed by atoms with Crippen LogP contribution < -0.4 is 9.80 Å². The van der Waals surface area contributed by atoms with Crippen LogP contribution in [-0.2, 0) is 0 Å². The van der Waals surface area contributed by atoms with Crippen LogP contribution in [0.3, 0.4) is 0 Å². The summed E-state index contributed by atoms with van der Waals surface area (Å²) in [7, 11) is 0. The second-order valence-corrected chi connectivity index (χ2v) is 16.2. The highest BCUT2D eigenvalue weighted by atomic mass is 15.1. The molecule has 0 amide bonds. The SMILES string of the molecule is C=C/C(=C\C=C\C1C=CC=CC1)N(C(/C=C\CC1=CCCC=C1)=C/C)c1ccc(-c2ccc(N(/C=C/CC(C=C)C3=CCCC=C3)c3ccc(C4C=CC=CC4)cc3)cc2)cc1. The van der Waals surface area contributed by atoms with Crippen LogP contribution in [0.2, 0.25) is 0 Å². The Morgan fingerprint density at radius 2 is 1.37 bits per heavy atom. The van der Waals surface area contributed by atoms with Gasteiger partial charge in [0, 0.05) is 46.5 Å². The zero-order valence-electron chi connectivity index (χ0n) is 36.5. The van der Waals surface area contributed by atoms with Crippen molar-refractivity contribution in [2.75, 3.05) is 9.80 Å². The van der Waals surface area contributed by atoms with E-state index in [9.17, 15) is 0 Å². The second kappa shape index (κ2) is 22.8. The van der Waals surface area contributed by atoms with Gasteiger partial charge in [0.1, 0.15) is 0 Å². The van der Waals surface area contributed by atoms with Gasteiger partial charge in [-0.3, -0.25) is 0 Å². The lowest BCUT2D eigenvalue weighted by atomic mass is 9.91. The van der Waals surface area contributed by atoms with Crippen LogP contribution in [0, 0.1) is 11.8 Å². The maximum atomic E-state index is 4.27. The molecule has 3 unspecified atom stereocenters. The van der Waals surface area contributed by atoms with Gasteiger partial charge in [-0.2, -0.15) is 0 Å². The monoisotopic (exact) mass is 810 g/mol. The maximum absolute atomic E-state index is 4.27. The van der Waals surface area contributed by atoms with Crippen LogP contribution in [-0.4, -0.2) is 0 Å². The summed E-state index contributed by atoms with van der Waals surface area (Å²) >= 11 is 0. The van der Waals surface area contributed by atoms with Gasteiger partial charge >= 0.3 is 0 Å². The molecule has 2 heteroatoms. The summed E-state index contributed by atoms with van der Waals surface area (Å²) in [5.74, 6) is 1.11. The minimum atomic E-state index is 0.294. The highest BCUT2D eigenvalue weighted by Crippen LogP contribution is 2.34. The van der Waals surface area contributed by atoms with Crippen molar-refractivity contribution in [1.29, 1.82) is 0 Å². The molecule has 0 radical (unpaired) electrons. The van der Waals surface area contributed by atoms with E-state index in [0.29, 0.717) is 17.8 Å². The minimum Gasteiger partial charge on any atom is -0.318 e. The van der Waals surface area contributed by atoms with E-state index in [0.717, 1.165) is 79.8 Å². The van der Waals surface area contributed by atoms with E-state index in [1.807, 2.05) is 6.08 Å². The molecule has 312 valence electrons. The molecule has 7 rings (SSSR count). The van der Waals surface area contributed by atoms with Crippen LogP contribution in [0.4, 0.5) is 17.1 Å². The molecule has 0 heterocycles. The Morgan fingerprint density at radius 1 is 0.694 bits per heavy atom. The second-order valence-electron chi connectivity index (χ2n) is 16.2. The van der Waals surface area contributed by atoms with E-state index in [1.54, 1.807) is 0 Å². The molecule has 0 aromatic heterocycles. The Morgan fingerprint density at radius 3 is 1.97 bits per heavy atom. The summed E-state index contributed by atoms with van der Waals surface area (Å²) in [6.45, 7) is 10.6. The van der Waals surface area contributed by atoms with Gasteiger partial charge in [-0.05, 0) is 147 Å². The molecule has 3 atom stereocenters. The third kappa shape index (κ3) is 11.8. The zero-order valence-corrected chi connectivity index (χ0v) is 36.5. The molecule has 0 spiro atoms. The van der Waals surface area contributed by atoms with E-state index in [2.05, 4.69) is 243 Å². The smallest absolute Gasteiger partial charge is 0.0461 e. The van der Waals surface area contributed by atoms with Crippen molar-refractivity contribution < 1.29 is 0 Å². The van der Waals surface area contributed by atoms with Gasteiger partial charge < -0.3 is 9.80 Å². The summed E-state index contributed by atoms with van der Waals surface area (Å²) in [5.41, 5.74) is 11.9. The lowest BCUT2D eigenvalue weighted by Crippen LogP contribution is -2.19. The Labute approximate surface area is 372 Å². The fourth-order valence-corrected chi connectivity index (χ4v) is 8.39. The largest absolute Gasteiger partial charge is 0.318 e. The van der Waals surface area contributed by atoms with Crippen molar-refractivity contribution >= 4 is 17.1 Å². The quantitative estimate of drug-likeness (QED) is 0.0933. The van der Waals surface area contributed by atoms with Crippen LogP contribution >= 0.6 is 0 Å². The van der Waals surface area contributed by atoms with E-state index >= 15 is 0 Å². The summed E-state index contributed by atoms with van der Waals surface area (Å²) in [5, 5.41) is 0. The van der Waals surface area contributed by atoms with Crippen LogP contribution in [0.25, 0.3) is 11.1 Å². The predicted octanol–water partition coefficient (Wildman–Crippen LogP) is 16.8. The lowest BCUT2D eigenvalue weighted by Gasteiger charge is -2.27. The van der Waals surface area contributed by atoms with Crippen molar-refractivity contribution in [3.63, 3.8) is 0 Å². The topological polar surface area (TPSA) is 6.48 Å². The number of rotatable bonds is 18. The third-order valence-electron chi connectivity index (χ3n) is 11.9. The van der Waals surface area contributed by atoms with Crippen molar-refractivity contribution in [2.24, 2.45) is 11.8 Å². The minimum absolute atomic E-state index is 0.294. The first-order chi connectivity index (χ1) is 30.6. The predicted molar refractivity (Wildman–Crippen MR) is 270 cm³/mol. The highest BCUT2D eigenvalue weighted by Gasteiger charge is 2.16. The lowest BCUT2D eigenvalue weighted by molar-refractivity contribution is 0.779. The van der Waals surface area contributed by atoms with E-state index in [-0.39, 0.29) is 0 Å². The number of hydrogen-bond donors (Lipinski definition) is 0. The summed E-state index contributed by atoms with van der Waals surface area (Å²) in [6.07, 6.45) is 61.6. The van der Waals surface area contributed by atoms with E-state index in [4.69, 9.17) is 0 Å². The van der Waals surface area contributed by atoms with Gasteiger partial charge in [0.15, 0.2) is 0 Å². The molecule has 0 saturated carbocycles. The molecule has 62 heavy (non-hydrogen) atoms. The Hall–Kier alpha value is -6.64. The molecule has 0 aliphatic heterocycles. The average Bonchev–Trinajstić information content (AvgIpc) is 3.34. The number of benzene rings is 3. The molecule has 0 saturated heterocycles. The summed E-state index contributed by atoms with van der Waals surface area (Å²) in [6, 6.07) is 26.9. The molecule has 0 bridgehead atoms. The fourth-order valence-electron chi connectivity index (χ4n) is 8.39. The van der Waals surface area contributed by atoms with Gasteiger partial charge in [0.2, 0.25) is 0 Å². The fraction of sp³-hybridized carbons (Fsp3) is 0.200. The van der Waals surface area contributed by atoms with Gasteiger partial charge in [0.25, 0.3) is 0 Å². The molecule has 2 nitrogen and oxygen atoms in total.